The number of aromatic nitrogens is 4. The van der Waals surface area contributed by atoms with Crippen LogP contribution in [0.25, 0.3) is 28.1 Å². The first-order valence-corrected chi connectivity index (χ1v) is 13.4. The average Bonchev–Trinajstić information content (AvgIpc) is 3.37. The van der Waals surface area contributed by atoms with Gasteiger partial charge in [-0.3, -0.25) is 9.67 Å². The van der Waals surface area contributed by atoms with Crippen molar-refractivity contribution in [1.82, 2.24) is 19.7 Å². The molecule has 1 aliphatic carbocycles. The zero-order valence-corrected chi connectivity index (χ0v) is 24.0. The van der Waals surface area contributed by atoms with Gasteiger partial charge in [0.2, 0.25) is 5.95 Å². The van der Waals surface area contributed by atoms with E-state index < -0.39 is 5.97 Å². The topological polar surface area (TPSA) is 139 Å². The van der Waals surface area contributed by atoms with Gasteiger partial charge in [-0.05, 0) is 42.2 Å². The quantitative estimate of drug-likeness (QED) is 0.164. The van der Waals surface area contributed by atoms with Crippen LogP contribution in [-0.4, -0.2) is 66.4 Å². The maximum Gasteiger partial charge on any atom is 0.337 e. The summed E-state index contributed by atoms with van der Waals surface area (Å²) in [4.78, 5) is 25.8. The maximum absolute atomic E-state index is 12.0. The van der Waals surface area contributed by atoms with Gasteiger partial charge in [-0.1, -0.05) is 24.3 Å². The maximum atomic E-state index is 12.0. The number of carbonyl (C=O) groups excluding carboxylic acids is 1. The highest BCUT2D eigenvalue weighted by Gasteiger charge is 2.27. The fraction of sp³-hybridized carbons (Fsp3) is 0.258. The molecule has 1 aliphatic rings. The van der Waals surface area contributed by atoms with Crippen LogP contribution < -0.4 is 15.8 Å². The normalized spacial score (nSPS) is 12.6. The summed E-state index contributed by atoms with van der Waals surface area (Å²) in [5, 5.41) is 8.08. The first kappa shape index (κ1) is 28.5. The molecule has 2 aromatic carbocycles. The molecule has 42 heavy (non-hydrogen) atoms. The summed E-state index contributed by atoms with van der Waals surface area (Å²) in [6, 6.07) is 13.2. The SMILES string of the molecule is COCCN=C/C(=C\N)c1ccc(-c2c3c(nn2C)CCc2cnc(Nc4ccc(C(=O)OC)cc4OC)nc2-3)cc1. The van der Waals surface area contributed by atoms with E-state index in [4.69, 9.17) is 30.0 Å². The Morgan fingerprint density at radius 2 is 1.90 bits per heavy atom. The number of fused-ring (bicyclic) bond motifs is 3. The monoisotopic (exact) mass is 567 g/mol. The molecule has 0 saturated heterocycles. The molecule has 216 valence electrons. The summed E-state index contributed by atoms with van der Waals surface area (Å²) in [5.74, 6) is 0.429. The number of allylic oxidation sites excluding steroid dienone is 1. The lowest BCUT2D eigenvalue weighted by Crippen LogP contribution is -2.09. The smallest absolute Gasteiger partial charge is 0.337 e. The Hall–Kier alpha value is -5.03. The molecule has 3 N–H and O–H groups in total. The number of aliphatic imine (C=N–C) groups is 1. The average molecular weight is 568 g/mol. The largest absolute Gasteiger partial charge is 0.495 e. The van der Waals surface area contributed by atoms with E-state index in [0.717, 1.165) is 57.8 Å². The lowest BCUT2D eigenvalue weighted by Gasteiger charge is -2.18. The highest BCUT2D eigenvalue weighted by molar-refractivity contribution is 6.09. The Bertz CT molecular complexity index is 1660. The molecule has 4 aromatic rings. The third kappa shape index (κ3) is 5.72. The van der Waals surface area contributed by atoms with Gasteiger partial charge in [0, 0.05) is 49.5 Å². The van der Waals surface area contributed by atoms with Gasteiger partial charge in [-0.15, -0.1) is 0 Å². The van der Waals surface area contributed by atoms with Crippen molar-refractivity contribution >= 4 is 29.4 Å². The number of rotatable bonds is 10. The molecule has 0 aliphatic heterocycles. The van der Waals surface area contributed by atoms with Gasteiger partial charge in [0.05, 0.1) is 55.7 Å². The fourth-order valence-electron chi connectivity index (χ4n) is 4.96. The second-order valence-corrected chi connectivity index (χ2v) is 9.62. The van der Waals surface area contributed by atoms with E-state index in [1.165, 1.54) is 14.2 Å². The van der Waals surface area contributed by atoms with Crippen molar-refractivity contribution < 1.29 is 19.0 Å². The number of hydrogen-bond acceptors (Lipinski definition) is 10. The third-order valence-corrected chi connectivity index (χ3v) is 7.05. The van der Waals surface area contributed by atoms with Crippen LogP contribution in [0, 0.1) is 0 Å². The second-order valence-electron chi connectivity index (χ2n) is 9.62. The third-order valence-electron chi connectivity index (χ3n) is 7.05. The Balaban J connectivity index is 1.47. The molecule has 0 atom stereocenters. The zero-order valence-electron chi connectivity index (χ0n) is 24.0. The molecule has 0 bridgehead atoms. The molecule has 0 radical (unpaired) electrons. The Kier molecular flexibility index (Phi) is 8.58. The van der Waals surface area contributed by atoms with Gasteiger partial charge in [0.25, 0.3) is 0 Å². The lowest BCUT2D eigenvalue weighted by molar-refractivity contribution is 0.0600. The van der Waals surface area contributed by atoms with Gasteiger partial charge in [-0.2, -0.15) is 5.10 Å². The minimum Gasteiger partial charge on any atom is -0.495 e. The molecule has 11 nitrogen and oxygen atoms in total. The molecule has 0 unspecified atom stereocenters. The zero-order chi connectivity index (χ0) is 29.6. The predicted molar refractivity (Wildman–Crippen MR) is 162 cm³/mol. The van der Waals surface area contributed by atoms with Crippen LogP contribution in [-0.2, 0) is 29.4 Å². The minimum absolute atomic E-state index is 0.384. The highest BCUT2D eigenvalue weighted by atomic mass is 16.5. The number of nitrogens with two attached hydrogens (primary N) is 1. The van der Waals surface area contributed by atoms with Crippen molar-refractivity contribution in [2.45, 2.75) is 12.8 Å². The molecule has 0 spiro atoms. The number of nitrogens with zero attached hydrogens (tertiary/aromatic N) is 5. The summed E-state index contributed by atoms with van der Waals surface area (Å²) < 4.78 is 17.3. The number of carbonyl (C=O) groups is 1. The summed E-state index contributed by atoms with van der Waals surface area (Å²) in [7, 11) is 6.47. The van der Waals surface area contributed by atoms with Gasteiger partial charge in [0.1, 0.15) is 5.75 Å². The lowest BCUT2D eigenvalue weighted by atomic mass is 9.91. The summed E-state index contributed by atoms with van der Waals surface area (Å²) in [6.07, 6.45) is 6.76. The van der Waals surface area contributed by atoms with Crippen molar-refractivity contribution in [3.05, 3.63) is 77.2 Å². The molecule has 0 saturated carbocycles. The predicted octanol–water partition coefficient (Wildman–Crippen LogP) is 4.20. The van der Waals surface area contributed by atoms with Crippen molar-refractivity contribution in [3.63, 3.8) is 0 Å². The first-order chi connectivity index (χ1) is 20.5. The second kappa shape index (κ2) is 12.6. The van der Waals surface area contributed by atoms with Crippen LogP contribution >= 0.6 is 0 Å². The molecule has 2 aromatic heterocycles. The minimum atomic E-state index is -0.444. The standard InChI is InChI=1S/C31H33N7O4/c1-38-29(20-7-5-19(6-8-20)23(16-32)17-33-13-14-40-2)27-25(37-38)12-10-22-18-34-31(36-28(22)27)35-24-11-9-21(30(39)42-4)15-26(24)41-3/h5-9,11,15-18H,10,12-14,32H2,1-4H3,(H,34,35,36)/b23-16+,33-17?. The van der Waals surface area contributed by atoms with E-state index in [1.807, 2.05) is 30.1 Å². The molecule has 11 heteroatoms. The number of nitrogens with one attached hydrogen (secondary N) is 1. The van der Waals surface area contributed by atoms with E-state index in [1.54, 1.807) is 37.7 Å². The number of anilines is 2. The van der Waals surface area contributed by atoms with Gasteiger partial charge < -0.3 is 25.3 Å². The number of ether oxygens (including phenoxy) is 3. The van der Waals surface area contributed by atoms with Crippen LogP contribution in [0.2, 0.25) is 0 Å². The molecular formula is C31H33N7O4. The van der Waals surface area contributed by atoms with Gasteiger partial charge in [-0.25, -0.2) is 14.8 Å². The molecule has 0 amide bonds. The van der Waals surface area contributed by atoms with Crippen LogP contribution in [0.1, 0.15) is 27.2 Å². The number of benzene rings is 2. The molecular weight excluding hydrogens is 534 g/mol. The Labute approximate surface area is 244 Å². The van der Waals surface area contributed by atoms with Gasteiger partial charge in [0.15, 0.2) is 0 Å². The Morgan fingerprint density at radius 3 is 2.62 bits per heavy atom. The summed E-state index contributed by atoms with van der Waals surface area (Å²) >= 11 is 0. The molecule has 2 heterocycles. The number of hydrogen-bond donors (Lipinski definition) is 2. The molecule has 0 fully saturated rings. The number of methoxy groups -OCH3 is 3. The number of aryl methyl sites for hydroxylation is 3. The molecule has 5 rings (SSSR count). The van der Waals surface area contributed by atoms with Crippen molar-refractivity contribution in [2.24, 2.45) is 17.8 Å². The first-order valence-electron chi connectivity index (χ1n) is 13.4. The summed E-state index contributed by atoms with van der Waals surface area (Å²) in [6.45, 7) is 1.12. The van der Waals surface area contributed by atoms with Crippen LogP contribution in [0.4, 0.5) is 11.6 Å². The van der Waals surface area contributed by atoms with Crippen LogP contribution in [0.3, 0.4) is 0 Å². The van der Waals surface area contributed by atoms with E-state index in [0.29, 0.717) is 36.1 Å². The van der Waals surface area contributed by atoms with Crippen molar-refractivity contribution in [1.29, 1.82) is 0 Å². The van der Waals surface area contributed by atoms with E-state index >= 15 is 0 Å². The van der Waals surface area contributed by atoms with Crippen molar-refractivity contribution in [3.8, 4) is 28.3 Å². The fourth-order valence-corrected chi connectivity index (χ4v) is 4.96. The van der Waals surface area contributed by atoms with Crippen LogP contribution in [0.15, 0.2) is 59.9 Å². The van der Waals surface area contributed by atoms with E-state index in [2.05, 4.69) is 27.4 Å². The van der Waals surface area contributed by atoms with E-state index in [-0.39, 0.29) is 0 Å². The Morgan fingerprint density at radius 1 is 1.12 bits per heavy atom. The highest BCUT2D eigenvalue weighted by Crippen LogP contribution is 2.40. The van der Waals surface area contributed by atoms with Crippen LogP contribution in [0.5, 0.6) is 5.75 Å². The number of esters is 1. The summed E-state index contributed by atoms with van der Waals surface area (Å²) in [5.41, 5.74) is 14.5. The van der Waals surface area contributed by atoms with Crippen molar-refractivity contribution in [2.75, 3.05) is 39.8 Å². The van der Waals surface area contributed by atoms with E-state index in [9.17, 15) is 4.79 Å². The van der Waals surface area contributed by atoms with Gasteiger partial charge >= 0.3 is 5.97 Å².